The fourth-order valence-electron chi connectivity index (χ4n) is 2.99. The Hall–Kier alpha value is -3.64. The molecule has 4 aromatic rings. The number of thiophene rings is 1. The molecule has 0 aliphatic carbocycles. The van der Waals surface area contributed by atoms with Crippen LogP contribution in [-0.4, -0.2) is 23.8 Å². The van der Waals surface area contributed by atoms with Crippen molar-refractivity contribution in [2.24, 2.45) is 0 Å². The molecule has 0 radical (unpaired) electrons. The topological polar surface area (TPSA) is 69.3 Å². The van der Waals surface area contributed by atoms with Gasteiger partial charge in [0.05, 0.1) is 25.3 Å². The summed E-state index contributed by atoms with van der Waals surface area (Å²) >= 11 is 1.19. The van der Waals surface area contributed by atoms with Gasteiger partial charge in [-0.15, -0.1) is 11.3 Å². The number of halogens is 2. The van der Waals surface area contributed by atoms with Crippen molar-refractivity contribution in [3.63, 3.8) is 0 Å². The molecule has 6 nitrogen and oxygen atoms in total. The van der Waals surface area contributed by atoms with Gasteiger partial charge < -0.3 is 14.2 Å². The molecule has 0 aliphatic heterocycles. The molecule has 0 saturated heterocycles. The lowest BCUT2D eigenvalue weighted by Gasteiger charge is -2.08. The fourth-order valence-corrected chi connectivity index (χ4v) is 3.87. The van der Waals surface area contributed by atoms with Gasteiger partial charge >= 0.3 is 0 Å². The van der Waals surface area contributed by atoms with Gasteiger partial charge in [-0.05, 0) is 18.2 Å². The monoisotopic (exact) mass is 427 g/mol. The van der Waals surface area contributed by atoms with Crippen LogP contribution in [0.2, 0.25) is 0 Å². The van der Waals surface area contributed by atoms with Crippen LogP contribution in [0.25, 0.3) is 16.0 Å². The summed E-state index contributed by atoms with van der Waals surface area (Å²) in [7, 11) is 3.09. The minimum atomic E-state index is -0.577. The first-order valence-electron chi connectivity index (χ1n) is 8.74. The second kappa shape index (κ2) is 8.00. The van der Waals surface area contributed by atoms with Crippen LogP contribution >= 0.6 is 11.3 Å². The summed E-state index contributed by atoms with van der Waals surface area (Å²) in [6.45, 7) is -0.204. The van der Waals surface area contributed by atoms with Crippen molar-refractivity contribution in [2.45, 2.75) is 6.61 Å². The van der Waals surface area contributed by atoms with E-state index in [2.05, 4.69) is 11.1 Å². The molecule has 0 amide bonds. The van der Waals surface area contributed by atoms with Crippen LogP contribution in [0.4, 0.5) is 8.78 Å². The van der Waals surface area contributed by atoms with E-state index in [0.29, 0.717) is 26.9 Å². The maximum atomic E-state index is 13.8. The van der Waals surface area contributed by atoms with Crippen LogP contribution in [-0.2, 0) is 6.61 Å². The normalized spacial score (nSPS) is 10.8. The zero-order chi connectivity index (χ0) is 21.3. The van der Waals surface area contributed by atoms with E-state index in [1.165, 1.54) is 11.3 Å². The highest BCUT2D eigenvalue weighted by Crippen LogP contribution is 2.36. The lowest BCUT2D eigenvalue weighted by molar-refractivity contribution is 0.299. The Kier molecular flexibility index (Phi) is 5.25. The van der Waals surface area contributed by atoms with Crippen LogP contribution in [0.15, 0.2) is 42.7 Å². The Labute approximate surface area is 174 Å². The summed E-state index contributed by atoms with van der Waals surface area (Å²) in [6, 6.07) is 10.4. The van der Waals surface area contributed by atoms with E-state index in [4.69, 9.17) is 14.2 Å². The molecule has 30 heavy (non-hydrogen) atoms. The maximum absolute atomic E-state index is 13.8. The number of nitrogens with zero attached hydrogens (tertiary/aromatic N) is 3. The number of rotatable bonds is 6. The summed E-state index contributed by atoms with van der Waals surface area (Å²) < 4.78 is 45.3. The molecular formula is C21H15F2N3O3S. The van der Waals surface area contributed by atoms with Crippen LogP contribution < -0.4 is 14.2 Å². The number of methoxy groups -OCH3 is 2. The highest BCUT2D eigenvalue weighted by atomic mass is 32.1. The molecule has 0 unspecified atom stereocenters. The minimum absolute atomic E-state index is 0.0663. The molecule has 0 aliphatic rings. The number of hydrogen-bond acceptors (Lipinski definition) is 6. The van der Waals surface area contributed by atoms with Crippen molar-refractivity contribution in [1.29, 1.82) is 5.26 Å². The van der Waals surface area contributed by atoms with Crippen molar-refractivity contribution in [1.82, 2.24) is 9.55 Å². The Bertz CT molecular complexity index is 1280. The van der Waals surface area contributed by atoms with Crippen LogP contribution in [0, 0.1) is 23.0 Å². The molecule has 152 valence electrons. The molecule has 0 fully saturated rings. The lowest BCUT2D eigenvalue weighted by Crippen LogP contribution is -1.99. The largest absolute Gasteiger partial charge is 0.493 e. The van der Waals surface area contributed by atoms with E-state index >= 15 is 0 Å². The number of benzene rings is 2. The second-order valence-electron chi connectivity index (χ2n) is 6.22. The van der Waals surface area contributed by atoms with E-state index in [-0.39, 0.29) is 17.9 Å². The number of nitriles is 1. The zero-order valence-electron chi connectivity index (χ0n) is 16.0. The average molecular weight is 427 g/mol. The summed E-state index contributed by atoms with van der Waals surface area (Å²) in [5, 5.41) is 10.2. The first-order chi connectivity index (χ1) is 14.5. The number of hydrogen-bond donors (Lipinski definition) is 0. The third-order valence-electron chi connectivity index (χ3n) is 4.47. The highest BCUT2D eigenvalue weighted by molar-refractivity contribution is 7.15. The summed E-state index contributed by atoms with van der Waals surface area (Å²) in [5.74, 6) is 0.244. The van der Waals surface area contributed by atoms with Crippen molar-refractivity contribution in [2.75, 3.05) is 14.2 Å². The van der Waals surface area contributed by atoms with E-state index in [9.17, 15) is 14.0 Å². The van der Waals surface area contributed by atoms with Gasteiger partial charge in [0.15, 0.2) is 17.2 Å². The third-order valence-corrected chi connectivity index (χ3v) is 5.49. The summed E-state index contributed by atoms with van der Waals surface area (Å²) in [6.07, 6.45) is 1.62. The molecule has 4 rings (SSSR count). The van der Waals surface area contributed by atoms with Gasteiger partial charge in [0.1, 0.15) is 40.5 Å². The van der Waals surface area contributed by atoms with Gasteiger partial charge in [0.2, 0.25) is 0 Å². The van der Waals surface area contributed by atoms with E-state index in [0.717, 1.165) is 23.7 Å². The van der Waals surface area contributed by atoms with E-state index < -0.39 is 11.6 Å². The van der Waals surface area contributed by atoms with Gasteiger partial charge in [0.25, 0.3) is 0 Å². The molecule has 2 heterocycles. The Morgan fingerprint density at radius 3 is 2.57 bits per heavy atom. The number of ether oxygens (including phenoxy) is 3. The zero-order valence-corrected chi connectivity index (χ0v) is 16.8. The predicted octanol–water partition coefficient (Wildman–Crippen LogP) is 4.83. The molecule has 0 spiro atoms. The van der Waals surface area contributed by atoms with Crippen molar-refractivity contribution in [3.05, 3.63) is 64.8 Å². The molecule has 2 aromatic heterocycles. The van der Waals surface area contributed by atoms with E-state index in [1.807, 2.05) is 0 Å². The average Bonchev–Trinajstić information content (AvgIpc) is 3.36. The standard InChI is InChI=1S/C21H15F2N3O3S/c1-27-17-6-15-16(7-18(17)28-2)26(11-25-15)21-8-19(20(9-24)30-21)29-10-12-5-13(22)3-4-14(12)23/h3-8,11H,10H2,1-2H3. The van der Waals surface area contributed by atoms with Gasteiger partial charge in [-0.3, -0.25) is 4.57 Å². The summed E-state index contributed by atoms with van der Waals surface area (Å²) in [5.41, 5.74) is 1.50. The molecule has 0 N–H and O–H groups in total. The van der Waals surface area contributed by atoms with Gasteiger partial charge in [-0.1, -0.05) is 0 Å². The second-order valence-corrected chi connectivity index (χ2v) is 7.26. The van der Waals surface area contributed by atoms with Crippen LogP contribution in [0.3, 0.4) is 0 Å². The molecule has 0 atom stereocenters. The minimum Gasteiger partial charge on any atom is -0.493 e. The maximum Gasteiger partial charge on any atom is 0.163 e. The van der Waals surface area contributed by atoms with Gasteiger partial charge in [-0.2, -0.15) is 5.26 Å². The van der Waals surface area contributed by atoms with Gasteiger partial charge in [0, 0.05) is 23.8 Å². The van der Waals surface area contributed by atoms with E-state index in [1.54, 1.807) is 43.3 Å². The Balaban J connectivity index is 1.69. The van der Waals surface area contributed by atoms with Crippen molar-refractivity contribution < 1.29 is 23.0 Å². The SMILES string of the molecule is COc1cc2ncn(-c3cc(OCc4cc(F)ccc4F)c(C#N)s3)c2cc1OC. The third kappa shape index (κ3) is 3.53. The first kappa shape index (κ1) is 19.7. The number of fused-ring (bicyclic) bond motifs is 1. The molecule has 0 bridgehead atoms. The quantitative estimate of drug-likeness (QED) is 0.441. The number of imidazole rings is 1. The first-order valence-corrected chi connectivity index (χ1v) is 9.55. The summed E-state index contributed by atoms with van der Waals surface area (Å²) in [4.78, 5) is 4.69. The van der Waals surface area contributed by atoms with Crippen LogP contribution in [0.1, 0.15) is 10.4 Å². The smallest absolute Gasteiger partial charge is 0.163 e. The lowest BCUT2D eigenvalue weighted by atomic mass is 10.2. The Morgan fingerprint density at radius 2 is 1.83 bits per heavy atom. The molecular weight excluding hydrogens is 412 g/mol. The van der Waals surface area contributed by atoms with Crippen molar-refractivity contribution >= 4 is 22.4 Å². The number of aromatic nitrogens is 2. The highest BCUT2D eigenvalue weighted by Gasteiger charge is 2.17. The van der Waals surface area contributed by atoms with Crippen molar-refractivity contribution in [3.8, 4) is 28.3 Å². The predicted molar refractivity (Wildman–Crippen MR) is 107 cm³/mol. The molecule has 9 heteroatoms. The fraction of sp³-hybridized carbons (Fsp3) is 0.143. The van der Waals surface area contributed by atoms with Gasteiger partial charge in [-0.25, -0.2) is 13.8 Å². The van der Waals surface area contributed by atoms with Crippen LogP contribution in [0.5, 0.6) is 17.2 Å². The molecule has 0 saturated carbocycles. The Morgan fingerprint density at radius 1 is 1.07 bits per heavy atom. The molecule has 2 aromatic carbocycles.